The lowest BCUT2D eigenvalue weighted by molar-refractivity contribution is -0.137. The van der Waals surface area contributed by atoms with Gasteiger partial charge in [-0.1, -0.05) is 13.8 Å². The lowest BCUT2D eigenvalue weighted by Crippen LogP contribution is -2.59. The van der Waals surface area contributed by atoms with Crippen LogP contribution in [0.5, 0.6) is 0 Å². The minimum atomic E-state index is 0. The van der Waals surface area contributed by atoms with E-state index in [1.807, 2.05) is 9.80 Å². The van der Waals surface area contributed by atoms with Gasteiger partial charge in [0.25, 0.3) is 0 Å². The normalized spacial score (nSPS) is 25.3. The van der Waals surface area contributed by atoms with E-state index in [2.05, 4.69) is 24.1 Å². The summed E-state index contributed by atoms with van der Waals surface area (Å²) in [4.78, 5) is 30.6. The molecule has 2 amide bonds. The maximum atomic E-state index is 12.4. The van der Waals surface area contributed by atoms with E-state index in [9.17, 15) is 9.59 Å². The van der Waals surface area contributed by atoms with Crippen LogP contribution in [0.2, 0.25) is 0 Å². The summed E-state index contributed by atoms with van der Waals surface area (Å²) in [5.74, 6) is 0.440. The molecule has 0 bridgehead atoms. The van der Waals surface area contributed by atoms with Crippen LogP contribution < -0.4 is 5.32 Å². The summed E-state index contributed by atoms with van der Waals surface area (Å²) in [6, 6.07) is 0.655. The number of halogens is 1. The molecule has 0 aromatic rings. The minimum absolute atomic E-state index is 0. The fourth-order valence-corrected chi connectivity index (χ4v) is 3.72. The van der Waals surface area contributed by atoms with E-state index in [0.29, 0.717) is 12.5 Å². The molecule has 1 N–H and O–H groups in total. The topological polar surface area (TPSA) is 55.9 Å². The second-order valence-corrected chi connectivity index (χ2v) is 6.67. The Labute approximate surface area is 152 Å². The molecule has 2 rings (SSSR count). The molecule has 0 aliphatic carbocycles. The van der Waals surface area contributed by atoms with E-state index in [1.165, 1.54) is 0 Å². The number of nitrogens with one attached hydrogen (secondary N) is 1. The zero-order valence-electron chi connectivity index (χ0n) is 15.3. The summed E-state index contributed by atoms with van der Waals surface area (Å²) < 4.78 is 0. The summed E-state index contributed by atoms with van der Waals surface area (Å²) in [6.07, 6.45) is 2.58. The van der Waals surface area contributed by atoms with Crippen LogP contribution in [0.15, 0.2) is 0 Å². The van der Waals surface area contributed by atoms with Gasteiger partial charge in [0.15, 0.2) is 0 Å². The fourth-order valence-electron chi connectivity index (χ4n) is 3.72. The van der Waals surface area contributed by atoms with Crippen molar-refractivity contribution in [2.75, 3.05) is 45.8 Å². The lowest BCUT2D eigenvalue weighted by atomic mass is 10.0. The Morgan fingerprint density at radius 2 is 1.67 bits per heavy atom. The third-order valence-electron chi connectivity index (χ3n) is 5.24. The molecule has 7 heteroatoms. The van der Waals surface area contributed by atoms with Crippen LogP contribution in [0, 0.1) is 0 Å². The Balaban J connectivity index is 0.00000288. The number of carbonyl (C=O) groups excluding carboxylic acids is 2. The zero-order chi connectivity index (χ0) is 16.8. The van der Waals surface area contributed by atoms with Gasteiger partial charge in [0, 0.05) is 71.2 Å². The quantitative estimate of drug-likeness (QED) is 0.793. The van der Waals surface area contributed by atoms with Crippen LogP contribution in [-0.4, -0.2) is 84.4 Å². The van der Waals surface area contributed by atoms with Crippen molar-refractivity contribution < 1.29 is 9.59 Å². The van der Waals surface area contributed by atoms with E-state index in [4.69, 9.17) is 0 Å². The monoisotopic (exact) mass is 360 g/mol. The predicted octanol–water partition coefficient (Wildman–Crippen LogP) is 0.951. The third kappa shape index (κ3) is 5.33. The lowest BCUT2D eigenvalue weighted by Gasteiger charge is -2.46. The first kappa shape index (κ1) is 21.2. The first-order chi connectivity index (χ1) is 11.1. The molecule has 2 unspecified atom stereocenters. The van der Waals surface area contributed by atoms with Crippen LogP contribution in [0.1, 0.15) is 40.0 Å². The first-order valence-corrected chi connectivity index (χ1v) is 9.06. The second-order valence-electron chi connectivity index (χ2n) is 6.67. The molecule has 24 heavy (non-hydrogen) atoms. The summed E-state index contributed by atoms with van der Waals surface area (Å²) in [5, 5.41) is 3.28. The van der Waals surface area contributed by atoms with Gasteiger partial charge in [-0.25, -0.2) is 0 Å². The highest BCUT2D eigenvalue weighted by molar-refractivity contribution is 5.85. The fraction of sp³-hybridized carbons (Fsp3) is 0.882. The Morgan fingerprint density at radius 3 is 2.21 bits per heavy atom. The zero-order valence-corrected chi connectivity index (χ0v) is 16.1. The van der Waals surface area contributed by atoms with Crippen molar-refractivity contribution in [3.63, 3.8) is 0 Å². The van der Waals surface area contributed by atoms with E-state index >= 15 is 0 Å². The van der Waals surface area contributed by atoms with E-state index in [0.717, 1.165) is 58.7 Å². The molecule has 0 radical (unpaired) electrons. The molecule has 2 aliphatic heterocycles. The van der Waals surface area contributed by atoms with Crippen LogP contribution >= 0.6 is 12.4 Å². The first-order valence-electron chi connectivity index (χ1n) is 9.06. The van der Waals surface area contributed by atoms with Crippen molar-refractivity contribution in [3.8, 4) is 0 Å². The van der Waals surface area contributed by atoms with Gasteiger partial charge < -0.3 is 15.1 Å². The number of hydrogen-bond acceptors (Lipinski definition) is 4. The van der Waals surface area contributed by atoms with E-state index in [-0.39, 0.29) is 30.3 Å². The molecule has 2 heterocycles. The van der Waals surface area contributed by atoms with Crippen molar-refractivity contribution in [3.05, 3.63) is 0 Å². The maximum Gasteiger partial charge on any atom is 0.223 e. The highest BCUT2D eigenvalue weighted by atomic mass is 35.5. The van der Waals surface area contributed by atoms with Gasteiger partial charge in [0.2, 0.25) is 11.8 Å². The smallest absolute Gasteiger partial charge is 0.223 e. The molecule has 0 spiro atoms. The van der Waals surface area contributed by atoms with Crippen molar-refractivity contribution in [1.29, 1.82) is 0 Å². The van der Waals surface area contributed by atoms with Crippen molar-refractivity contribution in [1.82, 2.24) is 20.0 Å². The molecular formula is C17H33ClN4O2. The molecular weight excluding hydrogens is 328 g/mol. The van der Waals surface area contributed by atoms with Crippen LogP contribution in [0.3, 0.4) is 0 Å². The average molecular weight is 361 g/mol. The summed E-state index contributed by atoms with van der Waals surface area (Å²) in [7, 11) is 0. The van der Waals surface area contributed by atoms with Gasteiger partial charge in [0.05, 0.1) is 0 Å². The third-order valence-corrected chi connectivity index (χ3v) is 5.24. The van der Waals surface area contributed by atoms with E-state index in [1.54, 1.807) is 6.92 Å². The number of hydrogen-bond donors (Lipinski definition) is 1. The molecule has 140 valence electrons. The Bertz CT molecular complexity index is 415. The molecule has 2 aliphatic rings. The SMILES string of the molecule is CCC1CN(C(C)=O)C(CC)CN1CCC(=O)N1CCNCC1.Cl. The Morgan fingerprint density at radius 1 is 1.04 bits per heavy atom. The second kappa shape index (κ2) is 10.2. The Kier molecular flexibility index (Phi) is 9.02. The average Bonchev–Trinajstić information content (AvgIpc) is 2.59. The van der Waals surface area contributed by atoms with E-state index < -0.39 is 0 Å². The molecule has 6 nitrogen and oxygen atoms in total. The minimum Gasteiger partial charge on any atom is -0.340 e. The van der Waals surface area contributed by atoms with Crippen molar-refractivity contribution in [2.45, 2.75) is 52.1 Å². The van der Waals surface area contributed by atoms with Gasteiger partial charge in [-0.15, -0.1) is 12.4 Å². The summed E-state index contributed by atoms with van der Waals surface area (Å²) >= 11 is 0. The highest BCUT2D eigenvalue weighted by Crippen LogP contribution is 2.20. The maximum absolute atomic E-state index is 12.4. The largest absolute Gasteiger partial charge is 0.340 e. The van der Waals surface area contributed by atoms with Gasteiger partial charge in [-0.05, 0) is 12.8 Å². The summed E-state index contributed by atoms with van der Waals surface area (Å²) in [6.45, 7) is 11.9. The van der Waals surface area contributed by atoms with Crippen molar-refractivity contribution >= 4 is 24.2 Å². The molecule has 2 saturated heterocycles. The van der Waals surface area contributed by atoms with Crippen LogP contribution in [0.25, 0.3) is 0 Å². The standard InChI is InChI=1S/C17H32N4O2.ClH/c1-4-15-13-21(14(3)22)16(5-2)12-20(15)9-6-17(23)19-10-7-18-8-11-19;/h15-16,18H,4-13H2,1-3H3;1H. The molecule has 0 saturated carbocycles. The number of nitrogens with zero attached hydrogens (tertiary/aromatic N) is 3. The predicted molar refractivity (Wildman–Crippen MR) is 98.4 cm³/mol. The molecule has 0 aromatic heterocycles. The number of rotatable bonds is 5. The Hall–Kier alpha value is -0.850. The van der Waals surface area contributed by atoms with Crippen molar-refractivity contribution in [2.24, 2.45) is 0 Å². The van der Waals surface area contributed by atoms with Gasteiger partial charge >= 0.3 is 0 Å². The highest BCUT2D eigenvalue weighted by Gasteiger charge is 2.33. The molecule has 2 fully saturated rings. The molecule has 2 atom stereocenters. The van der Waals surface area contributed by atoms with Gasteiger partial charge in [-0.2, -0.15) is 0 Å². The van der Waals surface area contributed by atoms with Crippen LogP contribution in [0.4, 0.5) is 0 Å². The van der Waals surface area contributed by atoms with Gasteiger partial charge in [0.1, 0.15) is 0 Å². The van der Waals surface area contributed by atoms with Crippen LogP contribution in [-0.2, 0) is 9.59 Å². The summed E-state index contributed by atoms with van der Waals surface area (Å²) in [5.41, 5.74) is 0. The molecule has 0 aromatic carbocycles. The number of carbonyl (C=O) groups is 2. The van der Waals surface area contributed by atoms with Gasteiger partial charge in [-0.3, -0.25) is 14.5 Å². The number of piperazine rings is 2. The number of amides is 2.